The Morgan fingerprint density at radius 1 is 1.56 bits per heavy atom. The number of hydrogen-bond donors (Lipinski definition) is 2. The monoisotopic (exact) mass is 222 g/mol. The summed E-state index contributed by atoms with van der Waals surface area (Å²) in [5.74, 6) is 0.362. The summed E-state index contributed by atoms with van der Waals surface area (Å²) in [6, 6.07) is 0. The van der Waals surface area contributed by atoms with Crippen LogP contribution in [-0.4, -0.2) is 41.3 Å². The van der Waals surface area contributed by atoms with Gasteiger partial charge >= 0.3 is 0 Å². The molecule has 16 heavy (non-hydrogen) atoms. The van der Waals surface area contributed by atoms with Crippen LogP contribution in [-0.2, 0) is 13.5 Å². The van der Waals surface area contributed by atoms with Crippen LogP contribution in [0.2, 0.25) is 0 Å². The molecule has 0 atom stereocenters. The lowest BCUT2D eigenvalue weighted by Gasteiger charge is -1.93. The van der Waals surface area contributed by atoms with E-state index in [1.54, 1.807) is 7.05 Å². The summed E-state index contributed by atoms with van der Waals surface area (Å²) in [5, 5.41) is 19.8. The minimum absolute atomic E-state index is 0.0595. The minimum Gasteiger partial charge on any atom is -0.285 e. The van der Waals surface area contributed by atoms with E-state index in [1.165, 1.54) is 4.80 Å². The van der Waals surface area contributed by atoms with Crippen molar-refractivity contribution in [1.29, 1.82) is 0 Å². The zero-order chi connectivity index (χ0) is 11.5. The van der Waals surface area contributed by atoms with Crippen molar-refractivity contribution >= 4 is 11.9 Å². The number of aryl methyl sites for hydroxylation is 2. The highest BCUT2D eigenvalue weighted by Crippen LogP contribution is 1.98. The lowest BCUT2D eigenvalue weighted by molar-refractivity contribution is 0.101. The lowest BCUT2D eigenvalue weighted by Crippen LogP contribution is -2.15. The average Bonchev–Trinajstić information content (AvgIpc) is 2.87. The molecule has 9 heteroatoms. The van der Waals surface area contributed by atoms with E-state index in [9.17, 15) is 4.79 Å². The molecule has 2 aromatic rings. The van der Waals surface area contributed by atoms with Gasteiger partial charge in [-0.2, -0.15) is 4.80 Å². The first-order valence-corrected chi connectivity index (χ1v) is 4.65. The molecule has 0 aliphatic rings. The molecule has 2 heterocycles. The van der Waals surface area contributed by atoms with E-state index in [2.05, 4.69) is 35.9 Å². The molecular formula is C7H10N8O. The number of H-pyrrole nitrogens is 1. The number of aromatic nitrogens is 7. The van der Waals surface area contributed by atoms with Crippen molar-refractivity contribution < 1.29 is 4.79 Å². The number of nitrogens with one attached hydrogen (secondary N) is 2. The molecule has 0 radical (unpaired) electrons. The first-order chi connectivity index (χ1) is 7.69. The standard InChI is InChI=1S/C7H10N8O/c1-3-4-8-5(11-10-4)6(16)9-7-12-14-15(2)13-7/h3H2,1-2H3,(H,8,10,11)(H,9,13,16). The number of amides is 1. The van der Waals surface area contributed by atoms with Gasteiger partial charge in [0.1, 0.15) is 5.82 Å². The average molecular weight is 222 g/mol. The van der Waals surface area contributed by atoms with Gasteiger partial charge < -0.3 is 0 Å². The first kappa shape index (κ1) is 10.2. The summed E-state index contributed by atoms with van der Waals surface area (Å²) in [7, 11) is 1.60. The number of aromatic amines is 1. The number of carbonyl (C=O) groups excluding carboxylic acids is 1. The Morgan fingerprint density at radius 2 is 2.38 bits per heavy atom. The van der Waals surface area contributed by atoms with Gasteiger partial charge in [0.2, 0.25) is 5.82 Å². The first-order valence-electron chi connectivity index (χ1n) is 4.65. The summed E-state index contributed by atoms with van der Waals surface area (Å²) >= 11 is 0. The maximum atomic E-state index is 11.6. The highest BCUT2D eigenvalue weighted by molar-refractivity contribution is 6.00. The number of nitrogens with zero attached hydrogens (tertiary/aromatic N) is 6. The number of rotatable bonds is 3. The van der Waals surface area contributed by atoms with Gasteiger partial charge in [-0.25, -0.2) is 4.98 Å². The van der Waals surface area contributed by atoms with E-state index in [1.807, 2.05) is 6.92 Å². The van der Waals surface area contributed by atoms with Crippen LogP contribution in [0.15, 0.2) is 0 Å². The van der Waals surface area contributed by atoms with Gasteiger partial charge in [0.15, 0.2) is 0 Å². The normalized spacial score (nSPS) is 10.4. The Morgan fingerprint density at radius 3 is 2.94 bits per heavy atom. The molecule has 9 nitrogen and oxygen atoms in total. The van der Waals surface area contributed by atoms with Crippen LogP contribution >= 0.6 is 0 Å². The number of anilines is 1. The molecule has 1 amide bonds. The molecule has 0 unspecified atom stereocenters. The molecule has 0 aliphatic heterocycles. The van der Waals surface area contributed by atoms with Crippen molar-refractivity contribution in [3.05, 3.63) is 11.6 Å². The number of hydrogen-bond acceptors (Lipinski definition) is 6. The fraction of sp³-hybridized carbons (Fsp3) is 0.429. The van der Waals surface area contributed by atoms with Gasteiger partial charge in [0, 0.05) is 6.42 Å². The molecule has 0 bridgehead atoms. The van der Waals surface area contributed by atoms with Gasteiger partial charge in [-0.15, -0.1) is 10.2 Å². The van der Waals surface area contributed by atoms with Crippen molar-refractivity contribution in [3.8, 4) is 0 Å². The molecule has 2 rings (SSSR count). The summed E-state index contributed by atoms with van der Waals surface area (Å²) in [6.07, 6.45) is 0.684. The summed E-state index contributed by atoms with van der Waals surface area (Å²) in [5.41, 5.74) is 0. The van der Waals surface area contributed by atoms with Gasteiger partial charge in [-0.1, -0.05) is 12.0 Å². The summed E-state index contributed by atoms with van der Waals surface area (Å²) < 4.78 is 0. The predicted octanol–water partition coefficient (Wildman–Crippen LogP) is -0.857. The molecule has 0 saturated carbocycles. The van der Waals surface area contributed by atoms with Crippen LogP contribution in [0, 0.1) is 0 Å². The molecule has 2 aromatic heterocycles. The van der Waals surface area contributed by atoms with Crippen LogP contribution < -0.4 is 5.32 Å². The second kappa shape index (κ2) is 4.04. The van der Waals surface area contributed by atoms with Crippen LogP contribution in [0.3, 0.4) is 0 Å². The quantitative estimate of drug-likeness (QED) is 0.698. The Bertz CT molecular complexity index is 500. The summed E-state index contributed by atoms with van der Waals surface area (Å²) in [4.78, 5) is 16.8. The van der Waals surface area contributed by atoms with Crippen molar-refractivity contribution in [2.24, 2.45) is 7.05 Å². The van der Waals surface area contributed by atoms with Crippen LogP contribution in [0.25, 0.3) is 0 Å². The molecule has 84 valence electrons. The van der Waals surface area contributed by atoms with Crippen LogP contribution in [0.5, 0.6) is 0 Å². The molecule has 0 aromatic carbocycles. The molecular weight excluding hydrogens is 212 g/mol. The van der Waals surface area contributed by atoms with E-state index in [-0.39, 0.29) is 11.8 Å². The second-order valence-electron chi connectivity index (χ2n) is 3.02. The van der Waals surface area contributed by atoms with Crippen molar-refractivity contribution in [2.45, 2.75) is 13.3 Å². The third-order valence-corrected chi connectivity index (χ3v) is 1.80. The molecule has 0 aliphatic carbocycles. The van der Waals surface area contributed by atoms with Gasteiger partial charge in [0.25, 0.3) is 11.9 Å². The SMILES string of the molecule is CCc1nc(C(=O)Nc2nnn(C)n2)n[nH]1. The maximum absolute atomic E-state index is 11.6. The molecule has 0 spiro atoms. The number of tetrazole rings is 1. The smallest absolute Gasteiger partial charge is 0.285 e. The second-order valence-corrected chi connectivity index (χ2v) is 3.02. The fourth-order valence-corrected chi connectivity index (χ4v) is 1.05. The van der Waals surface area contributed by atoms with Gasteiger partial charge in [-0.3, -0.25) is 15.2 Å². The van der Waals surface area contributed by atoms with E-state index < -0.39 is 5.91 Å². The minimum atomic E-state index is -0.469. The third kappa shape index (κ3) is 2.02. The molecule has 2 N–H and O–H groups in total. The highest BCUT2D eigenvalue weighted by atomic mass is 16.2. The van der Waals surface area contributed by atoms with Crippen molar-refractivity contribution in [1.82, 2.24) is 35.4 Å². The van der Waals surface area contributed by atoms with E-state index in [0.29, 0.717) is 12.2 Å². The van der Waals surface area contributed by atoms with Gasteiger partial charge in [0.05, 0.1) is 7.05 Å². The topological polar surface area (TPSA) is 114 Å². The molecule has 0 saturated heterocycles. The van der Waals surface area contributed by atoms with Crippen molar-refractivity contribution in [2.75, 3.05) is 5.32 Å². The van der Waals surface area contributed by atoms with E-state index >= 15 is 0 Å². The van der Waals surface area contributed by atoms with E-state index in [0.717, 1.165) is 0 Å². The Labute approximate surface area is 90.3 Å². The van der Waals surface area contributed by atoms with Gasteiger partial charge in [-0.05, 0) is 5.21 Å². The zero-order valence-corrected chi connectivity index (χ0v) is 8.80. The Hall–Kier alpha value is -2.32. The van der Waals surface area contributed by atoms with Crippen LogP contribution in [0.1, 0.15) is 23.4 Å². The molecule has 0 fully saturated rings. The Balaban J connectivity index is 2.08. The fourth-order valence-electron chi connectivity index (χ4n) is 1.05. The zero-order valence-electron chi connectivity index (χ0n) is 8.80. The van der Waals surface area contributed by atoms with Crippen LogP contribution in [0.4, 0.5) is 5.95 Å². The van der Waals surface area contributed by atoms with E-state index in [4.69, 9.17) is 0 Å². The summed E-state index contributed by atoms with van der Waals surface area (Å²) in [6.45, 7) is 1.91. The predicted molar refractivity (Wildman–Crippen MR) is 52.5 cm³/mol. The third-order valence-electron chi connectivity index (χ3n) is 1.80. The van der Waals surface area contributed by atoms with Crippen molar-refractivity contribution in [3.63, 3.8) is 0 Å². The highest BCUT2D eigenvalue weighted by Gasteiger charge is 2.14. The maximum Gasteiger partial charge on any atom is 0.297 e. The largest absolute Gasteiger partial charge is 0.297 e. The lowest BCUT2D eigenvalue weighted by atomic mass is 10.5. The Kier molecular flexibility index (Phi) is 2.58. The number of carbonyl (C=O) groups is 1.